The zero-order chi connectivity index (χ0) is 17.0. The van der Waals surface area contributed by atoms with E-state index in [0.29, 0.717) is 6.61 Å². The van der Waals surface area contributed by atoms with Crippen LogP contribution in [0.15, 0.2) is 35.5 Å². The Labute approximate surface area is 140 Å². The minimum Gasteiger partial charge on any atom is -0.461 e. The summed E-state index contributed by atoms with van der Waals surface area (Å²) in [5.74, 6) is -0.123. The monoisotopic (exact) mass is 318 g/mol. The number of hydrogen-bond donors (Lipinski definition) is 0. The highest BCUT2D eigenvalue weighted by Crippen LogP contribution is 2.35. The molecule has 2 aliphatic rings. The van der Waals surface area contributed by atoms with E-state index >= 15 is 0 Å². The first-order chi connectivity index (χ1) is 10.9. The Kier molecular flexibility index (Phi) is 6.23. The Bertz CT molecular complexity index is 515. The summed E-state index contributed by atoms with van der Waals surface area (Å²) in [5.41, 5.74) is 3.64. The maximum absolute atomic E-state index is 12.3. The molecule has 1 saturated heterocycles. The number of carbonyl (C=O) groups is 1. The van der Waals surface area contributed by atoms with Gasteiger partial charge in [0.2, 0.25) is 0 Å². The summed E-state index contributed by atoms with van der Waals surface area (Å²) in [6, 6.07) is 0. The molecular weight excluding hydrogens is 288 g/mol. The summed E-state index contributed by atoms with van der Waals surface area (Å²) in [6.45, 7) is 12.9. The Balaban J connectivity index is 2.28. The van der Waals surface area contributed by atoms with Gasteiger partial charge in [-0.1, -0.05) is 43.7 Å². The molecular formula is C20H30O3. The van der Waals surface area contributed by atoms with Crippen molar-refractivity contribution in [1.29, 1.82) is 0 Å². The van der Waals surface area contributed by atoms with Gasteiger partial charge in [0.05, 0.1) is 18.6 Å². The number of rotatable bonds is 3. The fourth-order valence-electron chi connectivity index (χ4n) is 3.25. The largest absolute Gasteiger partial charge is 0.461 e. The molecule has 0 bridgehead atoms. The molecule has 1 aliphatic carbocycles. The molecule has 4 atom stereocenters. The van der Waals surface area contributed by atoms with E-state index in [1.165, 1.54) is 11.1 Å². The molecule has 128 valence electrons. The van der Waals surface area contributed by atoms with Gasteiger partial charge in [-0.25, -0.2) is 0 Å². The van der Waals surface area contributed by atoms with Gasteiger partial charge < -0.3 is 9.47 Å². The lowest BCUT2D eigenvalue weighted by atomic mass is 9.85. The predicted octanol–water partition coefficient (Wildman–Crippen LogP) is 4.59. The fourth-order valence-corrected chi connectivity index (χ4v) is 3.25. The van der Waals surface area contributed by atoms with E-state index in [1.54, 1.807) is 0 Å². The zero-order valence-electron chi connectivity index (χ0n) is 14.9. The van der Waals surface area contributed by atoms with Gasteiger partial charge in [0.1, 0.15) is 6.10 Å². The molecule has 1 fully saturated rings. The molecule has 0 radical (unpaired) electrons. The molecule has 3 nitrogen and oxygen atoms in total. The van der Waals surface area contributed by atoms with Crippen LogP contribution in [-0.4, -0.2) is 24.8 Å². The van der Waals surface area contributed by atoms with Crippen molar-refractivity contribution in [3.05, 3.63) is 35.5 Å². The van der Waals surface area contributed by atoms with Crippen LogP contribution in [0, 0.1) is 11.8 Å². The average molecular weight is 318 g/mol. The van der Waals surface area contributed by atoms with Crippen molar-refractivity contribution in [2.75, 3.05) is 6.61 Å². The second kappa shape index (κ2) is 7.96. The molecule has 0 aromatic heterocycles. The summed E-state index contributed by atoms with van der Waals surface area (Å²) >= 11 is 0. The van der Waals surface area contributed by atoms with Crippen LogP contribution in [-0.2, 0) is 14.3 Å². The van der Waals surface area contributed by atoms with Gasteiger partial charge in [-0.05, 0) is 38.7 Å². The quantitative estimate of drug-likeness (QED) is 0.564. The lowest BCUT2D eigenvalue weighted by molar-refractivity contribution is -0.156. The highest BCUT2D eigenvalue weighted by molar-refractivity contribution is 5.72. The predicted molar refractivity (Wildman–Crippen MR) is 93.1 cm³/mol. The highest BCUT2D eigenvalue weighted by atomic mass is 16.5. The van der Waals surface area contributed by atoms with Gasteiger partial charge in [-0.2, -0.15) is 0 Å². The van der Waals surface area contributed by atoms with Gasteiger partial charge in [0, 0.05) is 12.3 Å². The lowest BCUT2D eigenvalue weighted by Gasteiger charge is -2.29. The summed E-state index contributed by atoms with van der Waals surface area (Å²) in [4.78, 5) is 12.3. The van der Waals surface area contributed by atoms with Gasteiger partial charge in [-0.15, -0.1) is 0 Å². The molecule has 1 aliphatic heterocycles. The van der Waals surface area contributed by atoms with Gasteiger partial charge in [0.25, 0.3) is 0 Å². The third kappa shape index (κ3) is 4.57. The first kappa shape index (κ1) is 18.0. The molecule has 0 spiro atoms. The van der Waals surface area contributed by atoms with Crippen LogP contribution in [0.2, 0.25) is 0 Å². The smallest absolute Gasteiger partial charge is 0.308 e. The molecule has 0 aromatic rings. The van der Waals surface area contributed by atoms with Crippen LogP contribution in [0.5, 0.6) is 0 Å². The van der Waals surface area contributed by atoms with Crippen LogP contribution in [0.3, 0.4) is 0 Å². The standard InChI is InChI=1S/C20H30O3/c1-6-15(4)20(21)23-18-11-14(3)9-7-8-13(2)10-17-19(18)16(5)12-22-17/h9-10,15,17-19H,5-8,11-12H2,1-4H3/b13-10+,14-9+. The van der Waals surface area contributed by atoms with Crippen LogP contribution in [0.25, 0.3) is 0 Å². The lowest BCUT2D eigenvalue weighted by Crippen LogP contribution is -2.34. The Morgan fingerprint density at radius 2 is 2.17 bits per heavy atom. The molecule has 2 rings (SSSR count). The normalized spacial score (nSPS) is 34.6. The molecule has 1 heterocycles. The first-order valence-corrected chi connectivity index (χ1v) is 8.75. The van der Waals surface area contributed by atoms with Crippen molar-refractivity contribution < 1.29 is 14.3 Å². The first-order valence-electron chi connectivity index (χ1n) is 8.75. The van der Waals surface area contributed by atoms with Crippen molar-refractivity contribution >= 4 is 5.97 Å². The maximum Gasteiger partial charge on any atom is 0.308 e. The maximum atomic E-state index is 12.3. The summed E-state index contributed by atoms with van der Waals surface area (Å²) in [6.07, 6.45) is 7.88. The molecule has 3 heteroatoms. The van der Waals surface area contributed by atoms with Crippen LogP contribution in [0.4, 0.5) is 0 Å². The number of fused-ring (bicyclic) bond motifs is 1. The fraction of sp³-hybridized carbons (Fsp3) is 0.650. The van der Waals surface area contributed by atoms with E-state index in [0.717, 1.165) is 31.3 Å². The van der Waals surface area contributed by atoms with Crippen molar-refractivity contribution in [1.82, 2.24) is 0 Å². The van der Waals surface area contributed by atoms with Crippen LogP contribution in [0.1, 0.15) is 53.4 Å². The minimum atomic E-state index is -0.185. The van der Waals surface area contributed by atoms with Gasteiger partial charge >= 0.3 is 5.97 Å². The Hall–Kier alpha value is -1.35. The summed E-state index contributed by atoms with van der Waals surface area (Å²) in [5, 5.41) is 0. The SMILES string of the molecule is C=C1COC2/C=C(\C)CC/C=C(\C)CC(OC(=O)C(C)CC)C12. The third-order valence-corrected chi connectivity index (χ3v) is 4.97. The van der Waals surface area contributed by atoms with E-state index in [4.69, 9.17) is 9.47 Å². The summed E-state index contributed by atoms with van der Waals surface area (Å²) in [7, 11) is 0. The molecule has 0 aromatic carbocycles. The van der Waals surface area contributed by atoms with E-state index in [9.17, 15) is 4.79 Å². The second-order valence-corrected chi connectivity index (χ2v) is 7.05. The number of ether oxygens (including phenoxy) is 2. The summed E-state index contributed by atoms with van der Waals surface area (Å²) < 4.78 is 11.8. The molecule has 0 amide bonds. The topological polar surface area (TPSA) is 35.5 Å². The zero-order valence-corrected chi connectivity index (χ0v) is 14.9. The molecule has 4 unspecified atom stereocenters. The molecule has 23 heavy (non-hydrogen) atoms. The van der Waals surface area contributed by atoms with Crippen molar-refractivity contribution in [2.45, 2.75) is 65.6 Å². The number of allylic oxidation sites excluding steroid dienone is 2. The molecule has 0 N–H and O–H groups in total. The van der Waals surface area contributed by atoms with Gasteiger partial charge in [0.15, 0.2) is 0 Å². The number of esters is 1. The van der Waals surface area contributed by atoms with Crippen molar-refractivity contribution in [3.63, 3.8) is 0 Å². The second-order valence-electron chi connectivity index (χ2n) is 7.05. The van der Waals surface area contributed by atoms with Crippen LogP contribution >= 0.6 is 0 Å². The van der Waals surface area contributed by atoms with Crippen molar-refractivity contribution in [2.24, 2.45) is 11.8 Å². The Morgan fingerprint density at radius 3 is 2.87 bits per heavy atom. The third-order valence-electron chi connectivity index (χ3n) is 4.97. The Morgan fingerprint density at radius 1 is 1.43 bits per heavy atom. The number of carbonyl (C=O) groups excluding carboxylic acids is 1. The molecule has 0 saturated carbocycles. The average Bonchev–Trinajstić information content (AvgIpc) is 2.85. The van der Waals surface area contributed by atoms with Crippen LogP contribution < -0.4 is 0 Å². The van der Waals surface area contributed by atoms with E-state index < -0.39 is 0 Å². The van der Waals surface area contributed by atoms with Gasteiger partial charge in [-0.3, -0.25) is 4.79 Å². The number of hydrogen-bond acceptors (Lipinski definition) is 3. The van der Waals surface area contributed by atoms with E-state index in [-0.39, 0.29) is 30.0 Å². The van der Waals surface area contributed by atoms with Crippen molar-refractivity contribution in [3.8, 4) is 0 Å². The minimum absolute atomic E-state index is 0.0249. The van der Waals surface area contributed by atoms with E-state index in [2.05, 4.69) is 32.6 Å². The van der Waals surface area contributed by atoms with E-state index in [1.807, 2.05) is 13.8 Å². The highest BCUT2D eigenvalue weighted by Gasteiger charge is 2.39.